The van der Waals surface area contributed by atoms with E-state index in [9.17, 15) is 19.2 Å². The number of rotatable bonds is 6. The molecule has 7 nitrogen and oxygen atoms in total. The molecule has 2 N–H and O–H groups in total. The van der Waals surface area contributed by atoms with E-state index >= 15 is 0 Å². The van der Waals surface area contributed by atoms with Crippen molar-refractivity contribution < 1.29 is 24.3 Å². The lowest BCUT2D eigenvalue weighted by atomic mass is 10.2. The van der Waals surface area contributed by atoms with Gasteiger partial charge in [-0.15, -0.1) is 0 Å². The topological polar surface area (TPSA) is 104 Å². The van der Waals surface area contributed by atoms with Crippen molar-refractivity contribution >= 4 is 40.9 Å². The quantitative estimate of drug-likeness (QED) is 0.759. The fraction of sp³-hybridized carbons (Fsp3) is 0.250. The Labute approximate surface area is 142 Å². The second kappa shape index (κ2) is 7.78. The summed E-state index contributed by atoms with van der Waals surface area (Å²) in [5.41, 5.74) is 0.768. The number of hydrogen-bond donors (Lipinski definition) is 2. The van der Waals surface area contributed by atoms with Gasteiger partial charge in [0.05, 0.1) is 4.91 Å². The lowest BCUT2D eigenvalue weighted by Crippen LogP contribution is -2.46. The summed E-state index contributed by atoms with van der Waals surface area (Å²) in [4.78, 5) is 48.0. The number of nitrogens with zero attached hydrogens (tertiary/aromatic N) is 1. The Morgan fingerprint density at radius 3 is 2.54 bits per heavy atom. The van der Waals surface area contributed by atoms with E-state index in [0.29, 0.717) is 0 Å². The number of aliphatic carboxylic acids is 1. The number of carbonyl (C=O) groups is 4. The smallest absolute Gasteiger partial charge is 0.326 e. The summed E-state index contributed by atoms with van der Waals surface area (Å²) in [5.74, 6) is -2.41. The van der Waals surface area contributed by atoms with Crippen molar-refractivity contribution in [3.05, 3.63) is 40.8 Å². The third kappa shape index (κ3) is 4.23. The fourth-order valence-electron chi connectivity index (χ4n) is 2.06. The van der Waals surface area contributed by atoms with Crippen molar-refractivity contribution in [2.45, 2.75) is 19.4 Å². The molecule has 0 radical (unpaired) electrons. The van der Waals surface area contributed by atoms with Gasteiger partial charge < -0.3 is 10.4 Å². The van der Waals surface area contributed by atoms with Crippen LogP contribution in [-0.4, -0.2) is 45.6 Å². The molecule has 3 amide bonds. The first kappa shape index (κ1) is 17.7. The predicted octanol–water partition coefficient (Wildman–Crippen LogP) is 1.70. The normalized spacial score (nSPS) is 17.2. The molecule has 8 heteroatoms. The van der Waals surface area contributed by atoms with E-state index in [-0.39, 0.29) is 11.3 Å². The van der Waals surface area contributed by atoms with Gasteiger partial charge in [0.15, 0.2) is 0 Å². The van der Waals surface area contributed by atoms with Gasteiger partial charge in [-0.25, -0.2) is 4.79 Å². The number of amides is 3. The summed E-state index contributed by atoms with van der Waals surface area (Å²) in [6.45, 7) is 1.11. The van der Waals surface area contributed by atoms with Crippen LogP contribution in [-0.2, 0) is 14.4 Å². The molecular weight excluding hydrogens is 332 g/mol. The zero-order valence-corrected chi connectivity index (χ0v) is 13.7. The molecule has 1 saturated heterocycles. The summed E-state index contributed by atoms with van der Waals surface area (Å²) in [6.07, 6.45) is 1.78. The van der Waals surface area contributed by atoms with Gasteiger partial charge in [0, 0.05) is 0 Å². The van der Waals surface area contributed by atoms with E-state index in [0.717, 1.165) is 22.2 Å². The third-order valence-electron chi connectivity index (χ3n) is 3.31. The first-order chi connectivity index (χ1) is 11.4. The van der Waals surface area contributed by atoms with Gasteiger partial charge >= 0.3 is 5.97 Å². The van der Waals surface area contributed by atoms with Crippen molar-refractivity contribution in [2.75, 3.05) is 6.54 Å². The summed E-state index contributed by atoms with van der Waals surface area (Å²) in [7, 11) is 0. The van der Waals surface area contributed by atoms with Crippen LogP contribution in [0, 0.1) is 0 Å². The Hall–Kier alpha value is -2.61. The average Bonchev–Trinajstić information content (AvgIpc) is 2.81. The van der Waals surface area contributed by atoms with Crippen LogP contribution in [0.15, 0.2) is 35.2 Å². The molecule has 2 rings (SSSR count). The van der Waals surface area contributed by atoms with Crippen LogP contribution < -0.4 is 5.32 Å². The van der Waals surface area contributed by atoms with Crippen LogP contribution >= 0.6 is 11.8 Å². The highest BCUT2D eigenvalue weighted by Crippen LogP contribution is 2.31. The van der Waals surface area contributed by atoms with Crippen molar-refractivity contribution in [1.82, 2.24) is 10.2 Å². The van der Waals surface area contributed by atoms with Crippen LogP contribution in [0.3, 0.4) is 0 Å². The molecule has 1 aromatic carbocycles. The molecule has 0 spiro atoms. The molecule has 0 saturated carbocycles. The minimum Gasteiger partial charge on any atom is -0.480 e. The maximum Gasteiger partial charge on any atom is 0.326 e. The van der Waals surface area contributed by atoms with E-state index < -0.39 is 35.6 Å². The van der Waals surface area contributed by atoms with Gasteiger partial charge in [-0.3, -0.25) is 19.3 Å². The van der Waals surface area contributed by atoms with Gasteiger partial charge in [0.2, 0.25) is 5.91 Å². The highest BCUT2D eigenvalue weighted by molar-refractivity contribution is 8.18. The summed E-state index contributed by atoms with van der Waals surface area (Å²) in [6, 6.07) is 7.98. The Bertz CT molecular complexity index is 702. The second-order valence-electron chi connectivity index (χ2n) is 5.05. The molecule has 1 fully saturated rings. The van der Waals surface area contributed by atoms with Crippen molar-refractivity contribution in [3.63, 3.8) is 0 Å². The van der Waals surface area contributed by atoms with Gasteiger partial charge in [-0.2, -0.15) is 0 Å². The van der Waals surface area contributed by atoms with Crippen LogP contribution in [0.2, 0.25) is 0 Å². The number of carboxylic acids is 1. The molecule has 1 heterocycles. The Kier molecular flexibility index (Phi) is 5.75. The van der Waals surface area contributed by atoms with Crippen LogP contribution in [0.25, 0.3) is 6.08 Å². The van der Waals surface area contributed by atoms with Crippen LogP contribution in [0.4, 0.5) is 4.79 Å². The molecule has 0 aromatic heterocycles. The van der Waals surface area contributed by atoms with E-state index in [2.05, 4.69) is 5.32 Å². The monoisotopic (exact) mass is 348 g/mol. The SMILES string of the molecule is CCC(NC(=O)CN1C(=O)S/C(=C/c2ccccc2)C1=O)C(=O)O. The first-order valence-electron chi connectivity index (χ1n) is 7.25. The molecule has 1 aliphatic heterocycles. The Balaban J connectivity index is 2.05. The second-order valence-corrected chi connectivity index (χ2v) is 6.04. The largest absolute Gasteiger partial charge is 0.480 e. The first-order valence-corrected chi connectivity index (χ1v) is 8.06. The van der Waals surface area contributed by atoms with Gasteiger partial charge in [-0.05, 0) is 29.8 Å². The summed E-state index contributed by atoms with van der Waals surface area (Å²) in [5, 5.41) is 10.6. The number of benzene rings is 1. The zero-order chi connectivity index (χ0) is 17.7. The third-order valence-corrected chi connectivity index (χ3v) is 4.22. The van der Waals surface area contributed by atoms with Crippen molar-refractivity contribution in [2.24, 2.45) is 0 Å². The predicted molar refractivity (Wildman–Crippen MR) is 89.0 cm³/mol. The maximum absolute atomic E-state index is 12.3. The Morgan fingerprint density at radius 1 is 1.29 bits per heavy atom. The van der Waals surface area contributed by atoms with Crippen LogP contribution in [0.5, 0.6) is 0 Å². The fourth-order valence-corrected chi connectivity index (χ4v) is 2.90. The molecule has 1 unspecified atom stereocenters. The maximum atomic E-state index is 12.3. The number of carbonyl (C=O) groups excluding carboxylic acids is 3. The minimum atomic E-state index is -1.16. The lowest BCUT2D eigenvalue weighted by molar-refractivity contribution is -0.142. The number of carboxylic acid groups (broad SMARTS) is 1. The molecular formula is C16H16N2O5S. The molecule has 24 heavy (non-hydrogen) atoms. The highest BCUT2D eigenvalue weighted by atomic mass is 32.2. The summed E-state index contributed by atoms with van der Waals surface area (Å²) < 4.78 is 0. The Morgan fingerprint density at radius 2 is 1.96 bits per heavy atom. The van der Waals surface area contributed by atoms with Gasteiger partial charge in [0.25, 0.3) is 11.1 Å². The molecule has 0 aliphatic carbocycles. The molecule has 1 aliphatic rings. The zero-order valence-electron chi connectivity index (χ0n) is 12.9. The van der Waals surface area contributed by atoms with Crippen molar-refractivity contribution in [3.8, 4) is 0 Å². The average molecular weight is 348 g/mol. The van der Waals surface area contributed by atoms with E-state index in [1.54, 1.807) is 37.3 Å². The van der Waals surface area contributed by atoms with Crippen molar-refractivity contribution in [1.29, 1.82) is 0 Å². The number of imide groups is 1. The number of thioether (sulfide) groups is 1. The molecule has 1 atom stereocenters. The van der Waals surface area contributed by atoms with E-state index in [4.69, 9.17) is 5.11 Å². The number of nitrogens with one attached hydrogen (secondary N) is 1. The molecule has 1 aromatic rings. The molecule has 0 bridgehead atoms. The number of hydrogen-bond acceptors (Lipinski definition) is 5. The van der Waals surface area contributed by atoms with E-state index in [1.807, 2.05) is 6.07 Å². The van der Waals surface area contributed by atoms with E-state index in [1.165, 1.54) is 0 Å². The van der Waals surface area contributed by atoms with Gasteiger partial charge in [0.1, 0.15) is 12.6 Å². The summed E-state index contributed by atoms with van der Waals surface area (Å²) >= 11 is 0.752. The molecule has 126 valence electrons. The standard InChI is InChI=1S/C16H16N2O5S/c1-2-11(15(21)22)17-13(19)9-18-14(20)12(24-16(18)23)8-10-6-4-3-5-7-10/h3-8,11H,2,9H2,1H3,(H,17,19)(H,21,22)/b12-8+. The van der Waals surface area contributed by atoms with Crippen LogP contribution in [0.1, 0.15) is 18.9 Å². The lowest BCUT2D eigenvalue weighted by Gasteiger charge is -2.15. The minimum absolute atomic E-state index is 0.205. The highest BCUT2D eigenvalue weighted by Gasteiger charge is 2.36. The van der Waals surface area contributed by atoms with Gasteiger partial charge in [-0.1, -0.05) is 37.3 Å².